The molecule has 1 N–H and O–H groups in total. The fourth-order valence-corrected chi connectivity index (χ4v) is 5.22. The standard InChI is InChI=1S/C27H33BFN3O6/c1-19(33)6-8-22-17-32(27(34)38-22)21-7-9-24(23(29)16-21)31-13-11-30(12-14-31)10-3-15-36-25-5-2-4-20-18-37-28(35)26(20)25/h2,4-5,7,9,16,22,35H,3,6,8,10-15,17-18H2,1H3. The fraction of sp³-hybridized carbons (Fsp3) is 0.481. The third-order valence-corrected chi connectivity index (χ3v) is 7.32. The molecular weight excluding hydrogens is 492 g/mol. The summed E-state index contributed by atoms with van der Waals surface area (Å²) < 4.78 is 31.6. The number of piperazine rings is 1. The van der Waals surface area contributed by atoms with Crippen LogP contribution in [-0.4, -0.2) is 80.9 Å². The van der Waals surface area contributed by atoms with Crippen LogP contribution >= 0.6 is 0 Å². The Morgan fingerprint density at radius 3 is 2.79 bits per heavy atom. The summed E-state index contributed by atoms with van der Waals surface area (Å²) in [7, 11) is -0.928. The molecule has 1 atom stereocenters. The minimum atomic E-state index is -0.928. The molecule has 0 radical (unpaired) electrons. The average Bonchev–Trinajstić information content (AvgIpc) is 3.48. The monoisotopic (exact) mass is 525 g/mol. The van der Waals surface area contributed by atoms with Gasteiger partial charge in [0.25, 0.3) is 0 Å². The highest BCUT2D eigenvalue weighted by Gasteiger charge is 2.33. The van der Waals surface area contributed by atoms with Crippen LogP contribution in [0.4, 0.5) is 20.6 Å². The van der Waals surface area contributed by atoms with Gasteiger partial charge in [-0.2, -0.15) is 0 Å². The number of benzene rings is 2. The zero-order valence-corrected chi connectivity index (χ0v) is 21.6. The van der Waals surface area contributed by atoms with Crippen molar-refractivity contribution in [2.75, 3.05) is 55.7 Å². The van der Waals surface area contributed by atoms with Crippen LogP contribution in [0.1, 0.15) is 31.7 Å². The maximum Gasteiger partial charge on any atom is 0.495 e. The van der Waals surface area contributed by atoms with Crippen LogP contribution in [0.25, 0.3) is 0 Å². The van der Waals surface area contributed by atoms with Gasteiger partial charge in [0.1, 0.15) is 23.5 Å². The van der Waals surface area contributed by atoms with E-state index in [1.54, 1.807) is 12.1 Å². The number of carbonyl (C=O) groups is 2. The maximum absolute atomic E-state index is 15.1. The van der Waals surface area contributed by atoms with Crippen LogP contribution in [0, 0.1) is 5.82 Å². The topological polar surface area (TPSA) is 91.8 Å². The normalized spacial score (nSPS) is 19.6. The molecule has 5 rings (SSSR count). The number of fused-ring (bicyclic) bond motifs is 1. The Morgan fingerprint density at radius 2 is 2.03 bits per heavy atom. The second-order valence-corrected chi connectivity index (χ2v) is 10.0. The quantitative estimate of drug-likeness (QED) is 0.374. The van der Waals surface area contributed by atoms with Crippen LogP contribution in [0.5, 0.6) is 5.75 Å². The van der Waals surface area contributed by atoms with Crippen molar-refractivity contribution in [1.82, 2.24) is 4.90 Å². The molecule has 0 bridgehead atoms. The highest BCUT2D eigenvalue weighted by atomic mass is 19.1. The molecule has 3 aliphatic heterocycles. The number of Topliss-reactive ketones (excluding diaryl/α,β-unsaturated/α-hetero) is 1. The number of cyclic esters (lactones) is 1. The van der Waals surface area contributed by atoms with E-state index in [4.69, 9.17) is 14.1 Å². The van der Waals surface area contributed by atoms with Gasteiger partial charge in [-0.1, -0.05) is 12.1 Å². The molecule has 202 valence electrons. The predicted molar refractivity (Wildman–Crippen MR) is 142 cm³/mol. The van der Waals surface area contributed by atoms with Gasteiger partial charge in [0, 0.05) is 44.6 Å². The van der Waals surface area contributed by atoms with Crippen molar-refractivity contribution in [1.29, 1.82) is 0 Å². The minimum Gasteiger partial charge on any atom is -0.494 e. The van der Waals surface area contributed by atoms with Crippen molar-refractivity contribution in [2.24, 2.45) is 0 Å². The first kappa shape index (κ1) is 26.5. The van der Waals surface area contributed by atoms with E-state index >= 15 is 4.39 Å². The zero-order valence-electron chi connectivity index (χ0n) is 21.6. The number of anilines is 2. The molecule has 3 heterocycles. The van der Waals surface area contributed by atoms with E-state index in [-0.39, 0.29) is 17.7 Å². The Labute approximate surface area is 222 Å². The van der Waals surface area contributed by atoms with E-state index in [9.17, 15) is 14.6 Å². The lowest BCUT2D eigenvalue weighted by molar-refractivity contribution is -0.117. The third-order valence-electron chi connectivity index (χ3n) is 7.32. The van der Waals surface area contributed by atoms with E-state index in [1.165, 1.54) is 17.9 Å². The number of nitrogens with zero attached hydrogens (tertiary/aromatic N) is 3. The van der Waals surface area contributed by atoms with Gasteiger partial charge in [-0.05, 0) is 49.6 Å². The molecule has 0 aromatic heterocycles. The molecule has 11 heteroatoms. The summed E-state index contributed by atoms with van der Waals surface area (Å²) in [5.74, 6) is 0.352. The van der Waals surface area contributed by atoms with E-state index in [0.717, 1.165) is 37.1 Å². The second kappa shape index (κ2) is 11.7. The molecule has 2 saturated heterocycles. The van der Waals surface area contributed by atoms with Crippen LogP contribution in [0.3, 0.4) is 0 Å². The van der Waals surface area contributed by atoms with Crippen molar-refractivity contribution in [3.8, 4) is 5.75 Å². The molecule has 2 aromatic rings. The van der Waals surface area contributed by atoms with Gasteiger partial charge in [0.05, 0.1) is 31.1 Å². The molecule has 0 saturated carbocycles. The zero-order chi connectivity index (χ0) is 26.6. The molecular formula is C27H33BFN3O6. The van der Waals surface area contributed by atoms with Gasteiger partial charge >= 0.3 is 13.2 Å². The highest BCUT2D eigenvalue weighted by Crippen LogP contribution is 2.29. The van der Waals surface area contributed by atoms with Crippen molar-refractivity contribution in [2.45, 2.75) is 38.9 Å². The van der Waals surface area contributed by atoms with Gasteiger partial charge in [-0.15, -0.1) is 0 Å². The molecule has 3 aliphatic rings. The molecule has 9 nitrogen and oxygen atoms in total. The SMILES string of the molecule is CC(=O)CCC1CN(c2ccc(N3CCN(CCCOc4cccc5c4B(O)OC5)CC3)c(F)c2)C(=O)O1. The van der Waals surface area contributed by atoms with Gasteiger partial charge in [0.2, 0.25) is 0 Å². The number of halogens is 1. The summed E-state index contributed by atoms with van der Waals surface area (Å²) in [5.41, 5.74) is 2.67. The minimum absolute atomic E-state index is 0.0506. The first-order valence-electron chi connectivity index (χ1n) is 13.2. The van der Waals surface area contributed by atoms with E-state index in [1.807, 2.05) is 23.1 Å². The number of amides is 1. The van der Waals surface area contributed by atoms with Crippen molar-refractivity contribution < 1.29 is 33.1 Å². The van der Waals surface area contributed by atoms with Gasteiger partial charge < -0.3 is 28.8 Å². The summed E-state index contributed by atoms with van der Waals surface area (Å²) >= 11 is 0. The fourth-order valence-electron chi connectivity index (χ4n) is 5.22. The number of hydrogen-bond donors (Lipinski definition) is 1. The Hall–Kier alpha value is -3.15. The first-order valence-corrected chi connectivity index (χ1v) is 13.2. The molecule has 0 aliphatic carbocycles. The van der Waals surface area contributed by atoms with Gasteiger partial charge in [-0.3, -0.25) is 9.80 Å². The number of ketones is 1. The lowest BCUT2D eigenvalue weighted by atomic mass is 9.79. The van der Waals surface area contributed by atoms with Crippen molar-refractivity contribution in [3.63, 3.8) is 0 Å². The van der Waals surface area contributed by atoms with Gasteiger partial charge in [0.15, 0.2) is 0 Å². The Balaban J connectivity index is 1.07. The average molecular weight is 525 g/mol. The molecule has 38 heavy (non-hydrogen) atoms. The smallest absolute Gasteiger partial charge is 0.494 e. The van der Waals surface area contributed by atoms with Crippen LogP contribution < -0.4 is 20.0 Å². The summed E-state index contributed by atoms with van der Waals surface area (Å²) in [5, 5.41) is 10.0. The predicted octanol–water partition coefficient (Wildman–Crippen LogP) is 2.33. The Bertz CT molecular complexity index is 1180. The van der Waals surface area contributed by atoms with Gasteiger partial charge in [-0.25, -0.2) is 9.18 Å². The van der Waals surface area contributed by atoms with Crippen LogP contribution in [-0.2, 0) is 20.8 Å². The molecule has 1 unspecified atom stereocenters. The summed E-state index contributed by atoms with van der Waals surface area (Å²) in [4.78, 5) is 29.3. The van der Waals surface area contributed by atoms with Crippen LogP contribution in [0.15, 0.2) is 36.4 Å². The largest absolute Gasteiger partial charge is 0.495 e. The second-order valence-electron chi connectivity index (χ2n) is 10.0. The Morgan fingerprint density at radius 1 is 1.21 bits per heavy atom. The lowest BCUT2D eigenvalue weighted by Crippen LogP contribution is -2.47. The van der Waals surface area contributed by atoms with Crippen LogP contribution in [0.2, 0.25) is 0 Å². The highest BCUT2D eigenvalue weighted by molar-refractivity contribution is 6.62. The van der Waals surface area contributed by atoms with E-state index in [2.05, 4.69) is 4.90 Å². The van der Waals surface area contributed by atoms with E-state index < -0.39 is 13.2 Å². The summed E-state index contributed by atoms with van der Waals surface area (Å²) in [6, 6.07) is 10.6. The Kier molecular flexibility index (Phi) is 8.16. The molecule has 1 amide bonds. The molecule has 2 aromatic carbocycles. The number of ether oxygens (including phenoxy) is 2. The van der Waals surface area contributed by atoms with E-state index in [0.29, 0.717) is 62.8 Å². The number of rotatable bonds is 10. The van der Waals surface area contributed by atoms with Crippen molar-refractivity contribution in [3.05, 3.63) is 47.8 Å². The maximum atomic E-state index is 15.1. The lowest BCUT2D eigenvalue weighted by Gasteiger charge is -2.36. The number of carbonyl (C=O) groups excluding carboxylic acids is 2. The summed E-state index contributed by atoms with van der Waals surface area (Å²) in [6.07, 6.45) is 0.794. The first-order chi connectivity index (χ1) is 18.4. The molecule has 0 spiro atoms. The molecule has 2 fully saturated rings. The number of hydrogen-bond acceptors (Lipinski definition) is 8. The third kappa shape index (κ3) is 5.95. The summed E-state index contributed by atoms with van der Waals surface area (Å²) in [6.45, 7) is 6.64. The van der Waals surface area contributed by atoms with Crippen molar-refractivity contribution >= 4 is 35.8 Å².